The molecular formula is C16H22N6O. The van der Waals surface area contributed by atoms with Gasteiger partial charge in [0.1, 0.15) is 6.33 Å². The molecule has 0 aliphatic heterocycles. The van der Waals surface area contributed by atoms with E-state index >= 15 is 0 Å². The predicted octanol–water partition coefficient (Wildman–Crippen LogP) is 2.10. The van der Waals surface area contributed by atoms with Crippen LogP contribution in [0, 0.1) is 0 Å². The van der Waals surface area contributed by atoms with Crippen molar-refractivity contribution in [2.45, 2.75) is 32.1 Å². The lowest BCUT2D eigenvalue weighted by molar-refractivity contribution is -0.120. The molecule has 0 saturated heterocycles. The Morgan fingerprint density at radius 1 is 1.04 bits per heavy atom. The molecule has 2 rings (SSSR count). The van der Waals surface area contributed by atoms with E-state index in [2.05, 4.69) is 30.2 Å². The maximum atomic E-state index is 11.2. The van der Waals surface area contributed by atoms with Gasteiger partial charge in [0, 0.05) is 32.4 Å². The normalized spacial score (nSPS) is 10.3. The first-order chi connectivity index (χ1) is 11.3. The van der Waals surface area contributed by atoms with Crippen LogP contribution < -0.4 is 10.2 Å². The van der Waals surface area contributed by atoms with Crippen molar-refractivity contribution in [1.82, 2.24) is 25.3 Å². The average molecular weight is 314 g/mol. The van der Waals surface area contributed by atoms with E-state index < -0.39 is 0 Å². The lowest BCUT2D eigenvalue weighted by atomic mass is 10.1. The van der Waals surface area contributed by atoms with E-state index in [0.717, 1.165) is 43.7 Å². The van der Waals surface area contributed by atoms with Gasteiger partial charge in [-0.05, 0) is 12.8 Å². The zero-order valence-corrected chi connectivity index (χ0v) is 13.4. The summed E-state index contributed by atoms with van der Waals surface area (Å²) in [4.78, 5) is 29.9. The standard InChI is InChI=1S/C16H22N6O/c1-17-16(23)6-4-2-3-5-9-22(14-10-19-13-20-11-14)15-12-18-7-8-21-15/h7-8,10-13H,2-6,9H2,1H3,(H,17,23). The SMILES string of the molecule is CNC(=O)CCCCCCN(c1cncnc1)c1cnccn1. The number of aromatic nitrogens is 4. The van der Waals surface area contributed by atoms with Crippen molar-refractivity contribution < 1.29 is 4.79 Å². The number of unbranched alkanes of at least 4 members (excludes halogenated alkanes) is 3. The summed E-state index contributed by atoms with van der Waals surface area (Å²) in [6, 6.07) is 0. The zero-order valence-electron chi connectivity index (χ0n) is 13.4. The smallest absolute Gasteiger partial charge is 0.219 e. The monoisotopic (exact) mass is 314 g/mol. The van der Waals surface area contributed by atoms with Crippen molar-refractivity contribution in [2.75, 3.05) is 18.5 Å². The minimum atomic E-state index is 0.104. The molecule has 23 heavy (non-hydrogen) atoms. The predicted molar refractivity (Wildman–Crippen MR) is 88.2 cm³/mol. The van der Waals surface area contributed by atoms with Crippen LogP contribution in [0.5, 0.6) is 0 Å². The molecule has 1 amide bonds. The number of amides is 1. The molecule has 122 valence electrons. The summed E-state index contributed by atoms with van der Waals surface area (Å²) in [5.74, 6) is 0.889. The van der Waals surface area contributed by atoms with E-state index in [1.54, 1.807) is 38.0 Å². The van der Waals surface area contributed by atoms with Crippen molar-refractivity contribution in [3.8, 4) is 0 Å². The summed E-state index contributed by atoms with van der Waals surface area (Å²) in [6.07, 6.45) is 14.7. The van der Waals surface area contributed by atoms with Gasteiger partial charge in [0.2, 0.25) is 5.91 Å². The third-order valence-corrected chi connectivity index (χ3v) is 3.50. The molecule has 0 unspecified atom stereocenters. The number of anilines is 2. The van der Waals surface area contributed by atoms with Gasteiger partial charge in [0.15, 0.2) is 5.82 Å². The van der Waals surface area contributed by atoms with Crippen LogP contribution in [0.3, 0.4) is 0 Å². The Morgan fingerprint density at radius 3 is 2.52 bits per heavy atom. The third kappa shape index (κ3) is 5.61. The fourth-order valence-electron chi connectivity index (χ4n) is 2.27. The molecule has 0 saturated carbocycles. The summed E-state index contributed by atoms with van der Waals surface area (Å²) in [7, 11) is 1.67. The molecule has 0 aromatic carbocycles. The van der Waals surface area contributed by atoms with Crippen molar-refractivity contribution in [3.05, 3.63) is 37.3 Å². The largest absolute Gasteiger partial charge is 0.359 e. The molecule has 0 radical (unpaired) electrons. The van der Waals surface area contributed by atoms with Gasteiger partial charge in [0.05, 0.1) is 24.3 Å². The molecule has 0 spiro atoms. The first kappa shape index (κ1) is 16.8. The molecule has 0 bridgehead atoms. The molecule has 2 heterocycles. The number of carbonyl (C=O) groups is 1. The lowest BCUT2D eigenvalue weighted by Gasteiger charge is -2.22. The molecule has 7 nitrogen and oxygen atoms in total. The number of hydrogen-bond acceptors (Lipinski definition) is 6. The molecule has 1 N–H and O–H groups in total. The van der Waals surface area contributed by atoms with E-state index in [0.29, 0.717) is 6.42 Å². The van der Waals surface area contributed by atoms with Crippen molar-refractivity contribution in [2.24, 2.45) is 0 Å². The van der Waals surface area contributed by atoms with Crippen LogP contribution in [-0.4, -0.2) is 39.4 Å². The van der Waals surface area contributed by atoms with Gasteiger partial charge in [0.25, 0.3) is 0 Å². The number of hydrogen-bond donors (Lipinski definition) is 1. The fraction of sp³-hybridized carbons (Fsp3) is 0.438. The Hall–Kier alpha value is -2.57. The first-order valence-electron chi connectivity index (χ1n) is 7.80. The molecule has 0 aliphatic rings. The van der Waals surface area contributed by atoms with E-state index in [1.807, 2.05) is 0 Å². The summed E-state index contributed by atoms with van der Waals surface area (Å²) < 4.78 is 0. The highest BCUT2D eigenvalue weighted by atomic mass is 16.1. The van der Waals surface area contributed by atoms with E-state index in [-0.39, 0.29) is 5.91 Å². The quantitative estimate of drug-likeness (QED) is 0.714. The molecular weight excluding hydrogens is 292 g/mol. The first-order valence-corrected chi connectivity index (χ1v) is 7.80. The molecule has 0 fully saturated rings. The summed E-state index contributed by atoms with van der Waals surface area (Å²) >= 11 is 0. The van der Waals surface area contributed by atoms with Gasteiger partial charge in [-0.1, -0.05) is 12.8 Å². The number of nitrogens with zero attached hydrogens (tertiary/aromatic N) is 5. The number of carbonyl (C=O) groups excluding carboxylic acids is 1. The minimum absolute atomic E-state index is 0.104. The highest BCUT2D eigenvalue weighted by Crippen LogP contribution is 2.21. The third-order valence-electron chi connectivity index (χ3n) is 3.50. The summed E-state index contributed by atoms with van der Waals surface area (Å²) in [5, 5.41) is 2.64. The lowest BCUT2D eigenvalue weighted by Crippen LogP contribution is -2.20. The molecule has 2 aromatic rings. The van der Waals surface area contributed by atoms with Crippen molar-refractivity contribution in [3.63, 3.8) is 0 Å². The summed E-state index contributed by atoms with van der Waals surface area (Å²) in [5.41, 5.74) is 0.901. The van der Waals surface area contributed by atoms with Gasteiger partial charge < -0.3 is 10.2 Å². The Kier molecular flexibility index (Phi) is 6.90. The Balaban J connectivity index is 1.86. The maximum absolute atomic E-state index is 11.2. The van der Waals surface area contributed by atoms with Crippen LogP contribution in [-0.2, 0) is 4.79 Å². The second-order valence-electron chi connectivity index (χ2n) is 5.15. The second-order valence-corrected chi connectivity index (χ2v) is 5.15. The number of rotatable bonds is 9. The topological polar surface area (TPSA) is 83.9 Å². The van der Waals surface area contributed by atoms with Crippen LogP contribution in [0.15, 0.2) is 37.3 Å². The minimum Gasteiger partial charge on any atom is -0.359 e. The van der Waals surface area contributed by atoms with Gasteiger partial charge in [-0.3, -0.25) is 9.78 Å². The molecule has 0 aliphatic carbocycles. The van der Waals surface area contributed by atoms with E-state index in [4.69, 9.17) is 0 Å². The zero-order chi connectivity index (χ0) is 16.3. The van der Waals surface area contributed by atoms with Gasteiger partial charge >= 0.3 is 0 Å². The highest BCUT2D eigenvalue weighted by molar-refractivity contribution is 5.75. The van der Waals surface area contributed by atoms with Crippen molar-refractivity contribution >= 4 is 17.4 Å². The van der Waals surface area contributed by atoms with Crippen LogP contribution in [0.1, 0.15) is 32.1 Å². The van der Waals surface area contributed by atoms with Gasteiger partial charge in [-0.25, -0.2) is 15.0 Å². The Bertz CT molecular complexity index is 538. The summed E-state index contributed by atoms with van der Waals surface area (Å²) in [6.45, 7) is 0.812. The second kappa shape index (κ2) is 9.45. The van der Waals surface area contributed by atoms with Crippen LogP contribution in [0.4, 0.5) is 11.5 Å². The van der Waals surface area contributed by atoms with Crippen LogP contribution >= 0.6 is 0 Å². The molecule has 7 heteroatoms. The Morgan fingerprint density at radius 2 is 1.83 bits per heavy atom. The van der Waals surface area contributed by atoms with Crippen LogP contribution in [0.25, 0.3) is 0 Å². The highest BCUT2D eigenvalue weighted by Gasteiger charge is 2.11. The maximum Gasteiger partial charge on any atom is 0.219 e. The number of nitrogens with one attached hydrogen (secondary N) is 1. The molecule has 2 aromatic heterocycles. The molecule has 0 atom stereocenters. The van der Waals surface area contributed by atoms with Gasteiger partial charge in [-0.2, -0.15) is 0 Å². The van der Waals surface area contributed by atoms with E-state index in [1.165, 1.54) is 6.33 Å². The van der Waals surface area contributed by atoms with Crippen LogP contribution in [0.2, 0.25) is 0 Å². The van der Waals surface area contributed by atoms with Gasteiger partial charge in [-0.15, -0.1) is 0 Å². The average Bonchev–Trinajstić information content (AvgIpc) is 2.62. The van der Waals surface area contributed by atoms with Crippen molar-refractivity contribution in [1.29, 1.82) is 0 Å². The Labute approximate surface area is 136 Å². The van der Waals surface area contributed by atoms with E-state index in [9.17, 15) is 4.79 Å². The fourth-order valence-corrected chi connectivity index (χ4v) is 2.27.